The van der Waals surface area contributed by atoms with Gasteiger partial charge in [0.15, 0.2) is 0 Å². The van der Waals surface area contributed by atoms with Gasteiger partial charge in [0.2, 0.25) is 0 Å². The molecule has 0 saturated heterocycles. The molecule has 3 fully saturated rings. The van der Waals surface area contributed by atoms with Gasteiger partial charge < -0.3 is 0 Å². The summed E-state index contributed by atoms with van der Waals surface area (Å²) in [5.74, 6) is 2.14. The van der Waals surface area contributed by atoms with Gasteiger partial charge in [-0.3, -0.25) is 0 Å². The molecule has 0 aromatic carbocycles. The summed E-state index contributed by atoms with van der Waals surface area (Å²) in [5, 5.41) is 9.84. The minimum Gasteiger partial charge on any atom is -0.198 e. The van der Waals surface area contributed by atoms with Gasteiger partial charge in [-0.05, 0) is 55.8 Å². The highest BCUT2D eigenvalue weighted by Crippen LogP contribution is 2.58. The fraction of sp³-hybridized carbons (Fsp3) is 0.947. The predicted octanol–water partition coefficient (Wildman–Crippen LogP) is 5.85. The summed E-state index contributed by atoms with van der Waals surface area (Å²) in [6, 6.07) is 2.79. The van der Waals surface area contributed by atoms with E-state index in [-0.39, 0.29) is 0 Å². The van der Waals surface area contributed by atoms with Crippen LogP contribution in [0.25, 0.3) is 0 Å². The van der Waals surface area contributed by atoms with Gasteiger partial charge in [-0.15, -0.1) is 0 Å². The first-order valence-corrected chi connectivity index (χ1v) is 9.27. The maximum Gasteiger partial charge on any atom is 0.0661 e. The largest absolute Gasteiger partial charge is 0.198 e. The first-order valence-electron chi connectivity index (χ1n) is 9.27. The van der Waals surface area contributed by atoms with Crippen molar-refractivity contribution in [2.45, 2.75) is 89.9 Å². The van der Waals surface area contributed by atoms with E-state index in [4.69, 9.17) is 0 Å². The molecule has 1 atom stereocenters. The van der Waals surface area contributed by atoms with Crippen molar-refractivity contribution >= 4 is 0 Å². The van der Waals surface area contributed by atoms with E-state index in [0.717, 1.165) is 11.8 Å². The molecule has 0 amide bonds. The van der Waals surface area contributed by atoms with Gasteiger partial charge in [-0.2, -0.15) is 5.26 Å². The Bertz CT molecular complexity index is 323. The minimum atomic E-state index is 0.377. The van der Waals surface area contributed by atoms with E-state index >= 15 is 0 Å². The van der Waals surface area contributed by atoms with Crippen LogP contribution in [0.5, 0.6) is 0 Å². The molecule has 20 heavy (non-hydrogen) atoms. The van der Waals surface area contributed by atoms with Gasteiger partial charge in [-0.1, -0.05) is 51.4 Å². The van der Waals surface area contributed by atoms with Crippen molar-refractivity contribution in [3.63, 3.8) is 0 Å². The van der Waals surface area contributed by atoms with Gasteiger partial charge in [0, 0.05) is 0 Å². The Balaban J connectivity index is 1.89. The minimum absolute atomic E-state index is 0.377. The molecule has 0 spiro atoms. The van der Waals surface area contributed by atoms with Gasteiger partial charge in [-0.25, -0.2) is 0 Å². The third-order valence-corrected chi connectivity index (χ3v) is 6.89. The molecule has 3 saturated carbocycles. The van der Waals surface area contributed by atoms with Gasteiger partial charge in [0.25, 0.3) is 0 Å². The van der Waals surface area contributed by atoms with Crippen molar-refractivity contribution < 1.29 is 0 Å². The predicted molar refractivity (Wildman–Crippen MR) is 83.2 cm³/mol. The second-order valence-corrected chi connectivity index (χ2v) is 7.71. The number of nitrogens with zero attached hydrogens (tertiary/aromatic N) is 1. The Morgan fingerprint density at radius 2 is 1.15 bits per heavy atom. The molecule has 0 aromatic rings. The van der Waals surface area contributed by atoms with Crippen LogP contribution in [-0.2, 0) is 0 Å². The van der Waals surface area contributed by atoms with Crippen molar-refractivity contribution in [1.82, 2.24) is 0 Å². The molecule has 3 aliphatic rings. The van der Waals surface area contributed by atoms with Crippen LogP contribution in [0.15, 0.2) is 0 Å². The van der Waals surface area contributed by atoms with Crippen LogP contribution in [0.1, 0.15) is 89.9 Å². The number of hydrogen-bond donors (Lipinski definition) is 0. The van der Waals surface area contributed by atoms with Crippen LogP contribution in [-0.4, -0.2) is 0 Å². The van der Waals surface area contributed by atoms with Crippen molar-refractivity contribution in [3.8, 4) is 6.07 Å². The zero-order chi connectivity index (χ0) is 13.8. The number of rotatable bonds is 2. The first kappa shape index (κ1) is 14.4. The van der Waals surface area contributed by atoms with Gasteiger partial charge >= 0.3 is 0 Å². The van der Waals surface area contributed by atoms with Crippen LogP contribution in [0.4, 0.5) is 0 Å². The molecule has 0 unspecified atom stereocenters. The molecule has 0 N–H and O–H groups in total. The SMILES string of the molecule is N#C[C@@H]1CCCCC1(C1CCCCC1)C1CCCCC1. The van der Waals surface area contributed by atoms with Crippen molar-refractivity contribution in [3.05, 3.63) is 0 Å². The van der Waals surface area contributed by atoms with E-state index < -0.39 is 0 Å². The molecule has 0 bridgehead atoms. The van der Waals surface area contributed by atoms with Crippen LogP contribution in [0.3, 0.4) is 0 Å². The molecule has 0 heterocycles. The molecule has 1 nitrogen and oxygen atoms in total. The quantitative estimate of drug-likeness (QED) is 0.619. The molecule has 1 heteroatoms. The summed E-state index contributed by atoms with van der Waals surface area (Å²) in [5.41, 5.74) is 0.424. The van der Waals surface area contributed by atoms with Gasteiger partial charge in [0.1, 0.15) is 0 Å². The molecule has 0 aliphatic heterocycles. The molecule has 0 aromatic heterocycles. The highest BCUT2D eigenvalue weighted by Gasteiger charge is 2.51. The van der Waals surface area contributed by atoms with Crippen LogP contribution in [0.2, 0.25) is 0 Å². The zero-order valence-corrected chi connectivity index (χ0v) is 13.1. The topological polar surface area (TPSA) is 23.8 Å². The molecule has 112 valence electrons. The van der Waals surface area contributed by atoms with Crippen LogP contribution in [0, 0.1) is 34.5 Å². The lowest BCUT2D eigenvalue weighted by molar-refractivity contribution is -0.0425. The first-order chi connectivity index (χ1) is 9.88. The fourth-order valence-electron chi connectivity index (χ4n) is 6.00. The average Bonchev–Trinajstić information content (AvgIpc) is 2.56. The Morgan fingerprint density at radius 1 is 0.650 bits per heavy atom. The Labute approximate surface area is 125 Å². The zero-order valence-electron chi connectivity index (χ0n) is 13.1. The highest BCUT2D eigenvalue weighted by atomic mass is 14.6. The molecular weight excluding hydrogens is 242 g/mol. The van der Waals surface area contributed by atoms with Gasteiger partial charge in [0.05, 0.1) is 12.0 Å². The average molecular weight is 273 g/mol. The van der Waals surface area contributed by atoms with E-state index in [1.165, 1.54) is 89.9 Å². The van der Waals surface area contributed by atoms with Crippen molar-refractivity contribution in [2.24, 2.45) is 23.2 Å². The fourth-order valence-corrected chi connectivity index (χ4v) is 6.00. The Morgan fingerprint density at radius 3 is 1.65 bits per heavy atom. The van der Waals surface area contributed by atoms with E-state index in [1.54, 1.807) is 0 Å². The van der Waals surface area contributed by atoms with E-state index in [2.05, 4.69) is 6.07 Å². The second-order valence-electron chi connectivity index (χ2n) is 7.71. The summed E-state index contributed by atoms with van der Waals surface area (Å²) in [6.07, 6.45) is 19.6. The lowest BCUT2D eigenvalue weighted by Gasteiger charge is -2.54. The highest BCUT2D eigenvalue weighted by molar-refractivity contribution is 5.07. The molecular formula is C19H31N. The summed E-state index contributed by atoms with van der Waals surface area (Å²) in [4.78, 5) is 0. The Kier molecular flexibility index (Phi) is 4.69. The monoisotopic (exact) mass is 273 g/mol. The number of nitriles is 1. The summed E-state index contributed by atoms with van der Waals surface area (Å²) >= 11 is 0. The summed E-state index contributed by atoms with van der Waals surface area (Å²) < 4.78 is 0. The number of hydrogen-bond acceptors (Lipinski definition) is 1. The third kappa shape index (κ3) is 2.51. The Hall–Kier alpha value is -0.510. The van der Waals surface area contributed by atoms with Crippen LogP contribution < -0.4 is 0 Å². The standard InChI is InChI=1S/C19H31N/c20-15-18-13-7-8-14-19(18,16-9-3-1-4-10-16)17-11-5-2-6-12-17/h16-18H,1-14H2/t18-/m0/s1. The molecule has 3 rings (SSSR count). The molecule has 0 radical (unpaired) electrons. The van der Waals surface area contributed by atoms with E-state index in [1.807, 2.05) is 0 Å². The molecule has 3 aliphatic carbocycles. The van der Waals surface area contributed by atoms with Crippen molar-refractivity contribution in [1.29, 1.82) is 5.26 Å². The second kappa shape index (κ2) is 6.50. The third-order valence-electron chi connectivity index (χ3n) is 6.89. The summed E-state index contributed by atoms with van der Waals surface area (Å²) in [6.45, 7) is 0. The maximum absolute atomic E-state index is 9.84. The normalized spacial score (nSPS) is 32.6. The lowest BCUT2D eigenvalue weighted by atomic mass is 9.50. The summed E-state index contributed by atoms with van der Waals surface area (Å²) in [7, 11) is 0. The van der Waals surface area contributed by atoms with Crippen LogP contribution >= 0.6 is 0 Å². The smallest absolute Gasteiger partial charge is 0.0661 e. The van der Waals surface area contributed by atoms with E-state index in [0.29, 0.717) is 11.3 Å². The lowest BCUT2D eigenvalue weighted by Crippen LogP contribution is -2.47. The maximum atomic E-state index is 9.84. The van der Waals surface area contributed by atoms with E-state index in [9.17, 15) is 5.26 Å². The van der Waals surface area contributed by atoms with Crippen molar-refractivity contribution in [2.75, 3.05) is 0 Å².